The van der Waals surface area contributed by atoms with E-state index in [-0.39, 0.29) is 9.72 Å². The Kier molecular flexibility index (Phi) is 2.93. The maximum atomic E-state index is 10.8. The summed E-state index contributed by atoms with van der Waals surface area (Å²) < 4.78 is -0.259. The molecule has 0 spiro atoms. The van der Waals surface area contributed by atoms with Crippen LogP contribution in [0, 0.1) is 0 Å². The van der Waals surface area contributed by atoms with E-state index in [0.29, 0.717) is 10.6 Å². The predicted molar refractivity (Wildman–Crippen MR) is 49.7 cm³/mol. The topological polar surface area (TPSA) is 17.1 Å². The van der Waals surface area contributed by atoms with Crippen molar-refractivity contribution in [2.75, 3.05) is 0 Å². The number of rotatable bonds is 1. The van der Waals surface area contributed by atoms with Crippen LogP contribution in [-0.2, 0) is 0 Å². The van der Waals surface area contributed by atoms with Gasteiger partial charge in [0.2, 0.25) is 4.69 Å². The number of benzene rings is 1. The first-order chi connectivity index (χ1) is 5.13. The van der Waals surface area contributed by atoms with Gasteiger partial charge in [0, 0.05) is 5.56 Å². The van der Waals surface area contributed by atoms with Gasteiger partial charge in [0.25, 0.3) is 0 Å². The van der Waals surface area contributed by atoms with Gasteiger partial charge in [-0.1, -0.05) is 29.3 Å². The average molecular weight is 254 g/mol. The van der Waals surface area contributed by atoms with Gasteiger partial charge in [-0.3, -0.25) is 4.79 Å². The first-order valence-corrected chi connectivity index (χ1v) is 4.31. The standard InChI is InChI=1S/C7H3BrCl2O/c8-7(11)4-2-1-3-5(9)6(4)10/h1-3H. The second kappa shape index (κ2) is 3.57. The minimum Gasteiger partial charge on any atom is -0.281 e. The lowest BCUT2D eigenvalue weighted by atomic mass is 10.2. The Morgan fingerprint density at radius 1 is 1.36 bits per heavy atom. The zero-order chi connectivity index (χ0) is 8.43. The second-order valence-electron chi connectivity index (χ2n) is 1.88. The van der Waals surface area contributed by atoms with Gasteiger partial charge in [-0.15, -0.1) is 0 Å². The minimum absolute atomic E-state index is 0.259. The molecule has 0 amide bonds. The summed E-state index contributed by atoms with van der Waals surface area (Å²) in [5, 5.41) is 0.674. The van der Waals surface area contributed by atoms with E-state index in [1.165, 1.54) is 0 Å². The Bertz CT molecular complexity index is 298. The van der Waals surface area contributed by atoms with Gasteiger partial charge in [-0.05, 0) is 28.1 Å². The third-order valence-electron chi connectivity index (χ3n) is 1.16. The van der Waals surface area contributed by atoms with Crippen LogP contribution in [0.2, 0.25) is 10.0 Å². The molecule has 0 aliphatic heterocycles. The summed E-state index contributed by atoms with van der Waals surface area (Å²) in [6, 6.07) is 4.90. The van der Waals surface area contributed by atoms with Crippen LogP contribution in [0.5, 0.6) is 0 Å². The molecule has 0 saturated carbocycles. The molecule has 0 aromatic heterocycles. The Morgan fingerprint density at radius 2 is 2.00 bits per heavy atom. The van der Waals surface area contributed by atoms with Crippen LogP contribution in [0.3, 0.4) is 0 Å². The van der Waals surface area contributed by atoms with E-state index < -0.39 is 0 Å². The van der Waals surface area contributed by atoms with Crippen molar-refractivity contribution in [2.45, 2.75) is 0 Å². The lowest BCUT2D eigenvalue weighted by Gasteiger charge is -1.98. The third kappa shape index (κ3) is 1.95. The van der Waals surface area contributed by atoms with Gasteiger partial charge in [-0.2, -0.15) is 0 Å². The average Bonchev–Trinajstić information content (AvgIpc) is 1.94. The molecule has 0 bridgehead atoms. The zero-order valence-corrected chi connectivity index (χ0v) is 8.37. The molecular weight excluding hydrogens is 251 g/mol. The molecule has 1 rings (SSSR count). The highest BCUT2D eigenvalue weighted by Crippen LogP contribution is 2.26. The maximum absolute atomic E-state index is 10.8. The largest absolute Gasteiger partial charge is 0.281 e. The summed E-state index contributed by atoms with van der Waals surface area (Å²) in [5.74, 6) is 0. The highest BCUT2D eigenvalue weighted by Gasteiger charge is 2.08. The SMILES string of the molecule is O=C(Br)c1cccc(Cl)c1Cl. The van der Waals surface area contributed by atoms with Crippen LogP contribution in [0.1, 0.15) is 10.4 Å². The van der Waals surface area contributed by atoms with E-state index in [4.69, 9.17) is 23.2 Å². The molecule has 1 aromatic carbocycles. The van der Waals surface area contributed by atoms with Crippen LogP contribution in [0.25, 0.3) is 0 Å². The quantitative estimate of drug-likeness (QED) is 0.700. The fraction of sp³-hybridized carbons (Fsp3) is 0. The molecule has 0 atom stereocenters. The monoisotopic (exact) mass is 252 g/mol. The third-order valence-corrected chi connectivity index (χ3v) is 2.41. The van der Waals surface area contributed by atoms with Gasteiger partial charge in [-0.25, -0.2) is 0 Å². The van der Waals surface area contributed by atoms with Crippen LogP contribution in [0.4, 0.5) is 0 Å². The summed E-state index contributed by atoms with van der Waals surface area (Å²) in [6.45, 7) is 0. The van der Waals surface area contributed by atoms with E-state index in [9.17, 15) is 4.79 Å². The van der Waals surface area contributed by atoms with Crippen molar-refractivity contribution in [3.8, 4) is 0 Å². The van der Waals surface area contributed by atoms with Crippen molar-refractivity contribution in [1.29, 1.82) is 0 Å². The van der Waals surface area contributed by atoms with Crippen molar-refractivity contribution >= 4 is 43.8 Å². The van der Waals surface area contributed by atoms with Crippen molar-refractivity contribution in [3.63, 3.8) is 0 Å². The minimum atomic E-state index is -0.259. The number of carbonyl (C=O) groups is 1. The summed E-state index contributed by atoms with van der Waals surface area (Å²) in [4.78, 5) is 10.8. The first kappa shape index (κ1) is 9.04. The molecule has 58 valence electrons. The first-order valence-electron chi connectivity index (χ1n) is 2.77. The molecule has 0 unspecified atom stereocenters. The van der Waals surface area contributed by atoms with Gasteiger partial charge in [0.15, 0.2) is 0 Å². The van der Waals surface area contributed by atoms with E-state index in [0.717, 1.165) is 0 Å². The highest BCUT2D eigenvalue weighted by atomic mass is 79.9. The van der Waals surface area contributed by atoms with Crippen molar-refractivity contribution in [2.24, 2.45) is 0 Å². The van der Waals surface area contributed by atoms with Crippen molar-refractivity contribution in [1.82, 2.24) is 0 Å². The van der Waals surface area contributed by atoms with E-state index in [1.807, 2.05) is 0 Å². The van der Waals surface area contributed by atoms with Crippen molar-refractivity contribution < 1.29 is 4.79 Å². The van der Waals surface area contributed by atoms with Crippen LogP contribution >= 0.6 is 39.1 Å². The van der Waals surface area contributed by atoms with E-state index in [2.05, 4.69) is 15.9 Å². The summed E-state index contributed by atoms with van der Waals surface area (Å²) >= 11 is 14.1. The summed E-state index contributed by atoms with van der Waals surface area (Å²) in [7, 11) is 0. The zero-order valence-electron chi connectivity index (χ0n) is 5.27. The Morgan fingerprint density at radius 3 is 2.45 bits per heavy atom. The van der Waals surface area contributed by atoms with Crippen LogP contribution in [-0.4, -0.2) is 4.69 Å². The molecule has 0 saturated heterocycles. The fourth-order valence-electron chi connectivity index (χ4n) is 0.656. The number of carbonyl (C=O) groups excluding carboxylic acids is 1. The smallest absolute Gasteiger partial charge is 0.229 e. The molecule has 11 heavy (non-hydrogen) atoms. The Balaban J connectivity index is 3.27. The van der Waals surface area contributed by atoms with Crippen LogP contribution < -0.4 is 0 Å². The van der Waals surface area contributed by atoms with E-state index in [1.54, 1.807) is 18.2 Å². The number of hydrogen-bond acceptors (Lipinski definition) is 1. The van der Waals surface area contributed by atoms with Crippen LogP contribution in [0.15, 0.2) is 18.2 Å². The molecule has 0 aliphatic carbocycles. The highest BCUT2D eigenvalue weighted by molar-refractivity contribution is 9.18. The van der Waals surface area contributed by atoms with Gasteiger partial charge >= 0.3 is 0 Å². The molecule has 0 radical (unpaired) electrons. The second-order valence-corrected chi connectivity index (χ2v) is 3.38. The predicted octanol–water partition coefficient (Wildman–Crippen LogP) is 3.53. The molecule has 0 N–H and O–H groups in total. The maximum Gasteiger partial charge on any atom is 0.229 e. The normalized spacial score (nSPS) is 9.73. The molecular formula is C7H3BrCl2O. The molecule has 0 aliphatic rings. The Labute approximate surface area is 82.4 Å². The van der Waals surface area contributed by atoms with Gasteiger partial charge in [0.05, 0.1) is 10.0 Å². The van der Waals surface area contributed by atoms with Gasteiger partial charge < -0.3 is 0 Å². The molecule has 4 heteroatoms. The summed E-state index contributed by atoms with van der Waals surface area (Å²) in [6.07, 6.45) is 0. The molecule has 1 nitrogen and oxygen atoms in total. The summed E-state index contributed by atoms with van der Waals surface area (Å²) in [5.41, 5.74) is 0.388. The lowest BCUT2D eigenvalue weighted by Crippen LogP contribution is -1.88. The Hall–Kier alpha value is -0.0500. The van der Waals surface area contributed by atoms with E-state index >= 15 is 0 Å². The number of hydrogen-bond donors (Lipinski definition) is 0. The molecule has 0 heterocycles. The van der Waals surface area contributed by atoms with Crippen molar-refractivity contribution in [3.05, 3.63) is 33.8 Å². The molecule has 0 fully saturated rings. The lowest BCUT2D eigenvalue weighted by molar-refractivity contribution is 0.109. The fourth-order valence-corrected chi connectivity index (χ4v) is 1.49. The number of halogens is 3. The van der Waals surface area contributed by atoms with Gasteiger partial charge in [0.1, 0.15) is 0 Å². The molecule has 1 aromatic rings.